The highest BCUT2D eigenvalue weighted by molar-refractivity contribution is 7.90. The molecule has 0 atom stereocenters. The maximum Gasteiger partial charge on any atom is 0.175 e. The van der Waals surface area contributed by atoms with E-state index in [1.54, 1.807) is 12.1 Å². The zero-order valence-electron chi connectivity index (χ0n) is 16.2. The molecule has 2 aromatic carbocycles. The summed E-state index contributed by atoms with van der Waals surface area (Å²) in [5.74, 6) is 0.828. The van der Waals surface area contributed by atoms with E-state index in [0.29, 0.717) is 9.92 Å². The molecule has 0 N–H and O–H groups in total. The lowest BCUT2D eigenvalue weighted by molar-refractivity contribution is 0.602. The predicted octanol–water partition coefficient (Wildman–Crippen LogP) is 5.72. The van der Waals surface area contributed by atoms with Crippen LogP contribution in [0.25, 0.3) is 17.1 Å². The van der Waals surface area contributed by atoms with Crippen LogP contribution < -0.4 is 0 Å². The molecule has 0 saturated carbocycles. The molecule has 0 amide bonds. The third-order valence-electron chi connectivity index (χ3n) is 4.69. The van der Waals surface area contributed by atoms with E-state index < -0.39 is 9.84 Å². The molecule has 4 nitrogen and oxygen atoms in total. The Bertz CT molecular complexity index is 1020. The lowest BCUT2D eigenvalue weighted by Crippen LogP contribution is -1.99. The molecule has 28 heavy (non-hydrogen) atoms. The van der Waals surface area contributed by atoms with Gasteiger partial charge in [-0.05, 0) is 61.4 Å². The van der Waals surface area contributed by atoms with Gasteiger partial charge in [-0.25, -0.2) is 13.4 Å². The SMILES string of the molecule is CCCCCCc1cn(-c2ccc(S(C)(=O)=O)cc2)c(-c2ccc(Cl)cc2)n1. The Morgan fingerprint density at radius 2 is 1.64 bits per heavy atom. The lowest BCUT2D eigenvalue weighted by Gasteiger charge is -2.09. The summed E-state index contributed by atoms with van der Waals surface area (Å²) in [6.45, 7) is 2.20. The fourth-order valence-corrected chi connectivity index (χ4v) is 3.89. The average Bonchev–Trinajstić information content (AvgIpc) is 3.09. The number of benzene rings is 2. The average molecular weight is 417 g/mol. The highest BCUT2D eigenvalue weighted by Crippen LogP contribution is 2.26. The fraction of sp³-hybridized carbons (Fsp3) is 0.318. The molecule has 3 rings (SSSR count). The number of hydrogen-bond acceptors (Lipinski definition) is 3. The lowest BCUT2D eigenvalue weighted by atomic mass is 10.1. The largest absolute Gasteiger partial charge is 0.300 e. The molecule has 0 bridgehead atoms. The number of hydrogen-bond donors (Lipinski definition) is 0. The van der Waals surface area contributed by atoms with Crippen molar-refractivity contribution < 1.29 is 8.42 Å². The van der Waals surface area contributed by atoms with Crippen molar-refractivity contribution in [2.75, 3.05) is 6.26 Å². The van der Waals surface area contributed by atoms with Crippen LogP contribution in [0.1, 0.15) is 38.3 Å². The van der Waals surface area contributed by atoms with E-state index in [9.17, 15) is 8.42 Å². The van der Waals surface area contributed by atoms with Crippen LogP contribution in [0, 0.1) is 0 Å². The van der Waals surface area contributed by atoms with Gasteiger partial charge in [-0.15, -0.1) is 0 Å². The Labute approximate surface area is 172 Å². The van der Waals surface area contributed by atoms with Crippen LogP contribution in [0.5, 0.6) is 0 Å². The Morgan fingerprint density at radius 3 is 2.25 bits per heavy atom. The number of imidazole rings is 1. The van der Waals surface area contributed by atoms with Gasteiger partial charge in [0.05, 0.1) is 10.6 Å². The van der Waals surface area contributed by atoms with E-state index in [1.807, 2.05) is 47.2 Å². The van der Waals surface area contributed by atoms with Crippen molar-refractivity contribution in [3.8, 4) is 17.1 Å². The van der Waals surface area contributed by atoms with Gasteiger partial charge in [-0.1, -0.05) is 37.8 Å². The summed E-state index contributed by atoms with van der Waals surface area (Å²) >= 11 is 6.04. The molecule has 0 aliphatic heterocycles. The maximum absolute atomic E-state index is 11.7. The van der Waals surface area contributed by atoms with E-state index in [-0.39, 0.29) is 0 Å². The van der Waals surface area contributed by atoms with Gasteiger partial charge < -0.3 is 0 Å². The first-order valence-electron chi connectivity index (χ1n) is 9.53. The number of sulfone groups is 1. The first-order valence-corrected chi connectivity index (χ1v) is 11.8. The second-order valence-electron chi connectivity index (χ2n) is 7.01. The highest BCUT2D eigenvalue weighted by atomic mass is 35.5. The number of unbranched alkanes of at least 4 members (excludes halogenated alkanes) is 3. The van der Waals surface area contributed by atoms with E-state index in [4.69, 9.17) is 16.6 Å². The van der Waals surface area contributed by atoms with Gasteiger partial charge in [-0.3, -0.25) is 4.57 Å². The Kier molecular flexibility index (Phi) is 6.57. The third kappa shape index (κ3) is 5.03. The van der Waals surface area contributed by atoms with Gasteiger partial charge in [0.25, 0.3) is 0 Å². The zero-order valence-corrected chi connectivity index (χ0v) is 17.8. The number of rotatable bonds is 8. The van der Waals surface area contributed by atoms with Gasteiger partial charge in [-0.2, -0.15) is 0 Å². The Morgan fingerprint density at radius 1 is 0.964 bits per heavy atom. The van der Waals surface area contributed by atoms with E-state index in [2.05, 4.69) is 6.92 Å². The van der Waals surface area contributed by atoms with E-state index in [0.717, 1.165) is 35.6 Å². The summed E-state index contributed by atoms with van der Waals surface area (Å²) in [4.78, 5) is 5.17. The van der Waals surface area contributed by atoms with Crippen molar-refractivity contribution in [1.29, 1.82) is 0 Å². The minimum absolute atomic E-state index is 0.309. The minimum atomic E-state index is -3.22. The highest BCUT2D eigenvalue weighted by Gasteiger charge is 2.13. The van der Waals surface area contributed by atoms with Crippen LogP contribution in [-0.4, -0.2) is 24.2 Å². The standard InChI is InChI=1S/C22H25ClN2O2S/c1-3-4-5-6-7-19-16-25(20-12-14-21(15-13-20)28(2,26)27)22(24-19)17-8-10-18(23)11-9-17/h8-16H,3-7H2,1-2H3. The first kappa shape index (κ1) is 20.6. The summed E-state index contributed by atoms with van der Waals surface area (Å²) < 4.78 is 25.5. The topological polar surface area (TPSA) is 52.0 Å². The monoisotopic (exact) mass is 416 g/mol. The summed E-state index contributed by atoms with van der Waals surface area (Å²) in [6.07, 6.45) is 8.93. The van der Waals surface area contributed by atoms with Crippen molar-refractivity contribution in [3.63, 3.8) is 0 Å². The van der Waals surface area contributed by atoms with E-state index >= 15 is 0 Å². The second-order valence-corrected chi connectivity index (χ2v) is 9.46. The normalized spacial score (nSPS) is 11.7. The molecule has 1 heterocycles. The Hall–Kier alpha value is -2.11. The van der Waals surface area contributed by atoms with Crippen LogP contribution in [-0.2, 0) is 16.3 Å². The van der Waals surface area contributed by atoms with E-state index in [1.165, 1.54) is 25.5 Å². The number of halogens is 1. The van der Waals surface area contributed by atoms with Gasteiger partial charge >= 0.3 is 0 Å². The van der Waals surface area contributed by atoms with Gasteiger partial charge in [0.15, 0.2) is 9.84 Å². The molecule has 0 aliphatic carbocycles. The molecule has 148 valence electrons. The molecule has 0 saturated heterocycles. The molecule has 0 aliphatic rings. The number of aryl methyl sites for hydroxylation is 1. The van der Waals surface area contributed by atoms with Crippen molar-refractivity contribution in [1.82, 2.24) is 9.55 Å². The van der Waals surface area contributed by atoms with Crippen LogP contribution in [0.2, 0.25) is 5.02 Å². The van der Waals surface area contributed by atoms with Gasteiger partial charge in [0.1, 0.15) is 5.82 Å². The van der Waals surface area contributed by atoms with Gasteiger partial charge in [0.2, 0.25) is 0 Å². The first-order chi connectivity index (χ1) is 13.4. The summed E-state index contributed by atoms with van der Waals surface area (Å²) in [5.41, 5.74) is 2.88. The summed E-state index contributed by atoms with van der Waals surface area (Å²) in [5, 5.41) is 0.680. The van der Waals surface area contributed by atoms with Crippen LogP contribution in [0.3, 0.4) is 0 Å². The van der Waals surface area contributed by atoms with Gasteiger partial charge in [0, 0.05) is 28.7 Å². The van der Waals surface area contributed by atoms with Crippen molar-refractivity contribution in [3.05, 3.63) is 65.4 Å². The fourth-order valence-electron chi connectivity index (χ4n) is 3.14. The number of aromatic nitrogens is 2. The minimum Gasteiger partial charge on any atom is -0.300 e. The maximum atomic E-state index is 11.7. The summed E-state index contributed by atoms with van der Waals surface area (Å²) in [7, 11) is -3.22. The smallest absolute Gasteiger partial charge is 0.175 e. The van der Waals surface area contributed by atoms with Crippen LogP contribution in [0.15, 0.2) is 59.6 Å². The molecule has 0 fully saturated rings. The quantitative estimate of drug-likeness (QED) is 0.441. The molecule has 6 heteroatoms. The second kappa shape index (κ2) is 8.93. The third-order valence-corrected chi connectivity index (χ3v) is 6.07. The van der Waals surface area contributed by atoms with Crippen molar-refractivity contribution in [2.45, 2.75) is 43.9 Å². The molecule has 3 aromatic rings. The zero-order chi connectivity index (χ0) is 20.1. The van der Waals surface area contributed by atoms with Crippen molar-refractivity contribution in [2.24, 2.45) is 0 Å². The van der Waals surface area contributed by atoms with Crippen LogP contribution in [0.4, 0.5) is 0 Å². The molecular formula is C22H25ClN2O2S. The molecule has 0 unspecified atom stereocenters. The van der Waals surface area contributed by atoms with Crippen molar-refractivity contribution >= 4 is 21.4 Å². The molecule has 0 radical (unpaired) electrons. The molecule has 1 aromatic heterocycles. The molecular weight excluding hydrogens is 392 g/mol. The summed E-state index contributed by atoms with van der Waals surface area (Å²) in [6, 6.07) is 14.5. The number of nitrogens with zero attached hydrogens (tertiary/aromatic N) is 2. The van der Waals surface area contributed by atoms with Crippen LogP contribution >= 0.6 is 11.6 Å². The molecule has 0 spiro atoms. The predicted molar refractivity (Wildman–Crippen MR) is 115 cm³/mol. The Balaban J connectivity index is 1.97.